The number of nitrogens with two attached hydrogens (primary N) is 1. The molecule has 7 heteroatoms. The standard InChI is InChI=1S/C31H40N4O3/c1-30(2)24-11-6-7-12-26(24)35(29(30)38)23-15-19-34(20-16-23)28(37)25(14-13-22-9-4-3-5-10-22)33-27(36)21-31(32)17-8-18-31/h3-7,9-12,23,25H,8,13-21,32H2,1-2H3,(H,33,36). The van der Waals surface area contributed by atoms with Gasteiger partial charge in [0.25, 0.3) is 0 Å². The molecule has 3 aliphatic rings. The van der Waals surface area contributed by atoms with Gasteiger partial charge in [-0.2, -0.15) is 0 Å². The Labute approximate surface area is 225 Å². The Kier molecular flexibility index (Phi) is 7.32. The minimum atomic E-state index is -0.587. The van der Waals surface area contributed by atoms with Gasteiger partial charge in [0.05, 0.1) is 5.41 Å². The van der Waals surface area contributed by atoms with Gasteiger partial charge in [-0.3, -0.25) is 14.4 Å². The van der Waals surface area contributed by atoms with Crippen molar-refractivity contribution in [2.45, 2.75) is 88.3 Å². The minimum absolute atomic E-state index is 0.0408. The Bertz CT molecular complexity index is 1180. The maximum Gasteiger partial charge on any atom is 0.245 e. The van der Waals surface area contributed by atoms with Gasteiger partial charge in [-0.25, -0.2) is 0 Å². The number of rotatable bonds is 8. The summed E-state index contributed by atoms with van der Waals surface area (Å²) in [5, 5.41) is 3.03. The van der Waals surface area contributed by atoms with Gasteiger partial charge in [0.15, 0.2) is 0 Å². The van der Waals surface area contributed by atoms with Crippen LogP contribution in [0.25, 0.3) is 0 Å². The van der Waals surface area contributed by atoms with Crippen LogP contribution in [0, 0.1) is 0 Å². The van der Waals surface area contributed by atoms with Crippen molar-refractivity contribution in [1.82, 2.24) is 10.2 Å². The number of aryl methyl sites for hydroxylation is 1. The molecule has 0 radical (unpaired) electrons. The third kappa shape index (κ3) is 5.21. The van der Waals surface area contributed by atoms with Crippen molar-refractivity contribution in [2.24, 2.45) is 5.73 Å². The highest BCUT2D eigenvalue weighted by Crippen LogP contribution is 2.43. The molecule has 1 saturated carbocycles. The van der Waals surface area contributed by atoms with Crippen molar-refractivity contribution in [3.8, 4) is 0 Å². The predicted octanol–water partition coefficient (Wildman–Crippen LogP) is 3.69. The van der Waals surface area contributed by atoms with Gasteiger partial charge < -0.3 is 20.9 Å². The molecule has 7 nitrogen and oxygen atoms in total. The molecule has 0 bridgehead atoms. The zero-order valence-electron chi connectivity index (χ0n) is 22.6. The number of hydrogen-bond acceptors (Lipinski definition) is 4. The number of benzene rings is 2. The molecule has 2 aromatic carbocycles. The van der Waals surface area contributed by atoms with Gasteiger partial charge in [-0.1, -0.05) is 48.5 Å². The summed E-state index contributed by atoms with van der Waals surface area (Å²) in [5.41, 5.74) is 8.54. The smallest absolute Gasteiger partial charge is 0.245 e. The molecule has 38 heavy (non-hydrogen) atoms. The lowest BCUT2D eigenvalue weighted by Gasteiger charge is -2.39. The summed E-state index contributed by atoms with van der Waals surface area (Å²) < 4.78 is 0. The third-order valence-electron chi connectivity index (χ3n) is 8.79. The number of likely N-dealkylation sites (tertiary alicyclic amines) is 1. The van der Waals surface area contributed by atoms with Crippen molar-refractivity contribution in [1.29, 1.82) is 0 Å². The van der Waals surface area contributed by atoms with E-state index in [0.717, 1.165) is 36.1 Å². The Balaban J connectivity index is 1.24. The molecule has 2 heterocycles. The monoisotopic (exact) mass is 516 g/mol. The van der Waals surface area contributed by atoms with Crippen molar-refractivity contribution in [2.75, 3.05) is 18.0 Å². The van der Waals surface area contributed by atoms with Crippen molar-refractivity contribution in [3.63, 3.8) is 0 Å². The van der Waals surface area contributed by atoms with E-state index in [-0.39, 0.29) is 30.2 Å². The predicted molar refractivity (Wildman–Crippen MR) is 149 cm³/mol. The van der Waals surface area contributed by atoms with E-state index in [9.17, 15) is 14.4 Å². The van der Waals surface area contributed by atoms with Crippen LogP contribution in [0.5, 0.6) is 0 Å². The molecule has 0 aromatic heterocycles. The van der Waals surface area contributed by atoms with Crippen LogP contribution in [-0.2, 0) is 26.2 Å². The van der Waals surface area contributed by atoms with Crippen LogP contribution < -0.4 is 16.0 Å². The number of hydrogen-bond donors (Lipinski definition) is 2. The second kappa shape index (κ2) is 10.5. The number of para-hydroxylation sites is 1. The van der Waals surface area contributed by atoms with E-state index in [1.54, 1.807) is 0 Å². The quantitative estimate of drug-likeness (QED) is 0.559. The lowest BCUT2D eigenvalue weighted by Crippen LogP contribution is -2.56. The van der Waals surface area contributed by atoms with E-state index in [2.05, 4.69) is 5.32 Å². The molecule has 3 N–H and O–H groups in total. The minimum Gasteiger partial charge on any atom is -0.344 e. The molecule has 5 rings (SSSR count). The SMILES string of the molecule is CC1(C)C(=O)N(C2CCN(C(=O)C(CCc3ccccc3)NC(=O)CC3(N)CCC3)CC2)c2ccccc21. The summed E-state index contributed by atoms with van der Waals surface area (Å²) in [6.45, 7) is 5.10. The highest BCUT2D eigenvalue weighted by Gasteiger charge is 2.47. The summed E-state index contributed by atoms with van der Waals surface area (Å²) in [6, 6.07) is 17.6. The zero-order valence-corrected chi connectivity index (χ0v) is 22.6. The van der Waals surface area contributed by atoms with E-state index < -0.39 is 17.0 Å². The summed E-state index contributed by atoms with van der Waals surface area (Å²) in [7, 11) is 0. The molecule has 3 amide bonds. The van der Waals surface area contributed by atoms with E-state index >= 15 is 0 Å². The molecule has 2 aliphatic heterocycles. The van der Waals surface area contributed by atoms with Crippen molar-refractivity contribution in [3.05, 3.63) is 65.7 Å². The number of anilines is 1. The van der Waals surface area contributed by atoms with E-state index in [0.29, 0.717) is 38.8 Å². The average molecular weight is 517 g/mol. The largest absolute Gasteiger partial charge is 0.344 e. The van der Waals surface area contributed by atoms with Crippen LogP contribution in [0.4, 0.5) is 5.69 Å². The Morgan fingerprint density at radius 1 is 1.03 bits per heavy atom. The van der Waals surface area contributed by atoms with E-state index in [1.165, 1.54) is 0 Å². The molecule has 1 unspecified atom stereocenters. The first-order chi connectivity index (χ1) is 18.2. The maximum atomic E-state index is 13.7. The molecular weight excluding hydrogens is 476 g/mol. The Morgan fingerprint density at radius 2 is 1.68 bits per heavy atom. The summed E-state index contributed by atoms with van der Waals surface area (Å²) >= 11 is 0. The molecule has 1 aliphatic carbocycles. The molecule has 2 fully saturated rings. The van der Waals surface area contributed by atoms with Gasteiger partial charge in [-0.05, 0) is 76.0 Å². The number of carbonyl (C=O) groups is 3. The average Bonchev–Trinajstić information content (AvgIpc) is 3.11. The van der Waals surface area contributed by atoms with Crippen LogP contribution in [0.3, 0.4) is 0 Å². The first-order valence-electron chi connectivity index (χ1n) is 14.0. The summed E-state index contributed by atoms with van der Waals surface area (Å²) in [6.07, 6.45) is 5.69. The van der Waals surface area contributed by atoms with Gasteiger partial charge in [0.1, 0.15) is 6.04 Å². The highest BCUT2D eigenvalue weighted by atomic mass is 16.2. The lowest BCUT2D eigenvalue weighted by molar-refractivity contribution is -0.138. The van der Waals surface area contributed by atoms with Gasteiger partial charge in [0, 0.05) is 36.8 Å². The number of piperidine rings is 1. The van der Waals surface area contributed by atoms with Crippen molar-refractivity contribution < 1.29 is 14.4 Å². The number of nitrogens with one attached hydrogen (secondary N) is 1. The summed E-state index contributed by atoms with van der Waals surface area (Å²) in [5.74, 6) is -0.0564. The topological polar surface area (TPSA) is 95.7 Å². The Hall–Kier alpha value is -3.19. The number of carbonyl (C=O) groups excluding carboxylic acids is 3. The molecular formula is C31H40N4O3. The second-order valence-corrected chi connectivity index (χ2v) is 11.9. The molecule has 1 atom stereocenters. The van der Waals surface area contributed by atoms with Crippen LogP contribution in [0.1, 0.15) is 69.9 Å². The fraction of sp³-hybridized carbons (Fsp3) is 0.516. The number of fused-ring (bicyclic) bond motifs is 1. The summed E-state index contributed by atoms with van der Waals surface area (Å²) in [4.78, 5) is 43.8. The fourth-order valence-corrected chi connectivity index (χ4v) is 6.25. The van der Waals surface area contributed by atoms with Crippen LogP contribution in [0.15, 0.2) is 54.6 Å². The zero-order chi connectivity index (χ0) is 26.9. The molecule has 2 aromatic rings. The molecule has 202 valence electrons. The molecule has 1 saturated heterocycles. The van der Waals surface area contributed by atoms with Crippen LogP contribution >= 0.6 is 0 Å². The van der Waals surface area contributed by atoms with E-state index in [1.807, 2.05) is 78.2 Å². The fourth-order valence-electron chi connectivity index (χ4n) is 6.25. The number of nitrogens with zero attached hydrogens (tertiary/aromatic N) is 2. The number of amides is 3. The first kappa shape index (κ1) is 26.4. The lowest BCUT2D eigenvalue weighted by atomic mass is 9.75. The van der Waals surface area contributed by atoms with Gasteiger partial charge >= 0.3 is 0 Å². The normalized spacial score (nSPS) is 21.0. The second-order valence-electron chi connectivity index (χ2n) is 11.9. The first-order valence-corrected chi connectivity index (χ1v) is 14.0. The van der Waals surface area contributed by atoms with Crippen molar-refractivity contribution >= 4 is 23.4 Å². The van der Waals surface area contributed by atoms with Gasteiger partial charge in [-0.15, -0.1) is 0 Å². The third-order valence-corrected chi connectivity index (χ3v) is 8.79. The Morgan fingerprint density at radius 3 is 2.34 bits per heavy atom. The highest BCUT2D eigenvalue weighted by molar-refractivity contribution is 6.08. The van der Waals surface area contributed by atoms with E-state index in [4.69, 9.17) is 5.73 Å². The maximum absolute atomic E-state index is 13.7. The van der Waals surface area contributed by atoms with Gasteiger partial charge in [0.2, 0.25) is 17.7 Å². The van der Waals surface area contributed by atoms with Crippen LogP contribution in [0.2, 0.25) is 0 Å². The van der Waals surface area contributed by atoms with Crippen LogP contribution in [-0.4, -0.2) is 53.3 Å². The molecule has 0 spiro atoms.